The Hall–Kier alpha value is -2.16. The van der Waals surface area contributed by atoms with Crippen LogP contribution in [-0.2, 0) is 4.79 Å². The van der Waals surface area contributed by atoms with Gasteiger partial charge in [0.25, 0.3) is 11.6 Å². The van der Waals surface area contributed by atoms with Crippen LogP contribution in [-0.4, -0.2) is 15.2 Å². The van der Waals surface area contributed by atoms with Gasteiger partial charge in [0.1, 0.15) is 15.8 Å². The molecule has 1 N–H and O–H groups in total. The van der Waals surface area contributed by atoms with Crippen molar-refractivity contribution >= 4 is 57.6 Å². The SMILES string of the molecule is O=C1NC(=S)S/C1=C\c1ccc(-c2ccc(Cl)cc2[N+](=O)[O-])o1. The number of nitrogens with one attached hydrogen (secondary N) is 1. The Balaban J connectivity index is 1.97. The molecule has 0 atom stereocenters. The Kier molecular flexibility index (Phi) is 4.20. The molecule has 23 heavy (non-hydrogen) atoms. The highest BCUT2D eigenvalue weighted by atomic mass is 35.5. The Morgan fingerprint density at radius 3 is 2.78 bits per heavy atom. The lowest BCUT2D eigenvalue weighted by molar-refractivity contribution is -0.384. The minimum absolute atomic E-state index is 0.153. The molecular weight excluding hydrogens is 360 g/mol. The van der Waals surface area contributed by atoms with Crippen LogP contribution in [0.5, 0.6) is 0 Å². The number of amides is 1. The average molecular weight is 367 g/mol. The summed E-state index contributed by atoms with van der Waals surface area (Å²) in [6, 6.07) is 7.54. The quantitative estimate of drug-likeness (QED) is 0.382. The first kappa shape index (κ1) is 15.7. The number of hydrogen-bond acceptors (Lipinski definition) is 6. The van der Waals surface area contributed by atoms with Crippen molar-refractivity contribution in [3.8, 4) is 11.3 Å². The van der Waals surface area contributed by atoms with Gasteiger partial charge in [0.05, 0.1) is 15.4 Å². The summed E-state index contributed by atoms with van der Waals surface area (Å²) in [5, 5.41) is 13.9. The first-order valence-corrected chi connectivity index (χ1v) is 7.83. The van der Waals surface area contributed by atoms with Gasteiger partial charge in [-0.2, -0.15) is 0 Å². The largest absolute Gasteiger partial charge is 0.456 e. The van der Waals surface area contributed by atoms with E-state index in [4.69, 9.17) is 28.2 Å². The standard InChI is InChI=1S/C14H7ClN2O4S2/c15-7-1-3-9(10(5-7)17(19)20)11-4-2-8(21-11)6-12-13(18)16-14(22)23-12/h1-6H,(H,16,18,22)/b12-6-. The number of nitro benzene ring substituents is 1. The van der Waals surface area contributed by atoms with Crippen LogP contribution in [0, 0.1) is 10.1 Å². The van der Waals surface area contributed by atoms with Crippen molar-refractivity contribution in [3.63, 3.8) is 0 Å². The van der Waals surface area contributed by atoms with E-state index in [1.165, 1.54) is 18.2 Å². The molecule has 1 amide bonds. The third-order valence-corrected chi connectivity index (χ3v) is 4.36. The van der Waals surface area contributed by atoms with Crippen molar-refractivity contribution in [1.82, 2.24) is 5.32 Å². The summed E-state index contributed by atoms with van der Waals surface area (Å²) in [6.07, 6.45) is 1.53. The number of halogens is 1. The highest BCUT2D eigenvalue weighted by Gasteiger charge is 2.23. The molecule has 0 saturated carbocycles. The maximum atomic E-state index is 11.6. The summed E-state index contributed by atoms with van der Waals surface area (Å²) in [4.78, 5) is 22.6. The van der Waals surface area contributed by atoms with Crippen LogP contribution in [0.15, 0.2) is 39.7 Å². The fourth-order valence-corrected chi connectivity index (χ4v) is 3.18. The summed E-state index contributed by atoms with van der Waals surface area (Å²) >= 11 is 11.8. The lowest BCUT2D eigenvalue weighted by Crippen LogP contribution is -2.17. The van der Waals surface area contributed by atoms with Crippen LogP contribution < -0.4 is 5.32 Å². The third-order valence-electron chi connectivity index (χ3n) is 2.96. The van der Waals surface area contributed by atoms with Crippen LogP contribution >= 0.6 is 35.6 Å². The molecule has 1 fully saturated rings. The molecule has 116 valence electrons. The Morgan fingerprint density at radius 2 is 2.13 bits per heavy atom. The second-order valence-corrected chi connectivity index (χ2v) is 6.63. The molecule has 2 aromatic rings. The summed E-state index contributed by atoms with van der Waals surface area (Å²) in [5.41, 5.74) is 0.156. The summed E-state index contributed by atoms with van der Waals surface area (Å²) < 4.78 is 5.96. The zero-order valence-corrected chi connectivity index (χ0v) is 13.6. The second kappa shape index (κ2) is 6.15. The lowest BCUT2D eigenvalue weighted by atomic mass is 10.1. The van der Waals surface area contributed by atoms with Crippen molar-refractivity contribution in [2.45, 2.75) is 0 Å². The molecule has 1 aromatic carbocycles. The molecule has 1 aromatic heterocycles. The summed E-state index contributed by atoms with van der Waals surface area (Å²) in [7, 11) is 0. The van der Waals surface area contributed by atoms with Crippen molar-refractivity contribution < 1.29 is 14.1 Å². The Labute approximate surface area is 144 Å². The highest BCUT2D eigenvalue weighted by Crippen LogP contribution is 2.34. The van der Waals surface area contributed by atoms with Gasteiger partial charge in [0, 0.05) is 17.2 Å². The monoisotopic (exact) mass is 366 g/mol. The van der Waals surface area contributed by atoms with Gasteiger partial charge in [-0.3, -0.25) is 14.9 Å². The number of furan rings is 1. The Morgan fingerprint density at radius 1 is 1.35 bits per heavy atom. The number of nitrogens with zero attached hydrogens (tertiary/aromatic N) is 1. The fraction of sp³-hybridized carbons (Fsp3) is 0. The van der Waals surface area contributed by atoms with Crippen molar-refractivity contribution in [3.05, 3.63) is 56.1 Å². The molecule has 1 saturated heterocycles. The number of thioether (sulfide) groups is 1. The van der Waals surface area contributed by atoms with Gasteiger partial charge in [-0.15, -0.1) is 0 Å². The van der Waals surface area contributed by atoms with Gasteiger partial charge in [0.15, 0.2) is 0 Å². The van der Waals surface area contributed by atoms with E-state index in [0.717, 1.165) is 11.8 Å². The zero-order chi connectivity index (χ0) is 16.6. The topological polar surface area (TPSA) is 85.4 Å². The van der Waals surface area contributed by atoms with Crippen molar-refractivity contribution in [2.75, 3.05) is 0 Å². The molecule has 0 spiro atoms. The molecule has 0 unspecified atom stereocenters. The molecule has 3 rings (SSSR count). The zero-order valence-electron chi connectivity index (χ0n) is 11.2. The van der Waals surface area contributed by atoms with Crippen LogP contribution in [0.2, 0.25) is 5.02 Å². The number of rotatable bonds is 3. The first-order chi connectivity index (χ1) is 10.9. The maximum absolute atomic E-state index is 11.6. The van der Waals surface area contributed by atoms with Crippen LogP contribution in [0.3, 0.4) is 0 Å². The van der Waals surface area contributed by atoms with E-state index < -0.39 is 4.92 Å². The molecule has 6 nitrogen and oxygen atoms in total. The van der Waals surface area contributed by atoms with Gasteiger partial charge in [-0.25, -0.2) is 0 Å². The first-order valence-electron chi connectivity index (χ1n) is 6.23. The van der Waals surface area contributed by atoms with E-state index in [-0.39, 0.29) is 16.6 Å². The molecule has 2 heterocycles. The minimum atomic E-state index is -0.527. The van der Waals surface area contributed by atoms with Crippen molar-refractivity contribution in [2.24, 2.45) is 0 Å². The summed E-state index contributed by atoms with van der Waals surface area (Å²) in [6.45, 7) is 0. The number of hydrogen-bond donors (Lipinski definition) is 1. The normalized spacial score (nSPS) is 16.0. The van der Waals surface area contributed by atoms with Gasteiger partial charge >= 0.3 is 0 Å². The van der Waals surface area contributed by atoms with Gasteiger partial charge in [0.2, 0.25) is 0 Å². The van der Waals surface area contributed by atoms with E-state index in [0.29, 0.717) is 26.3 Å². The average Bonchev–Trinajstić information content (AvgIpc) is 3.06. The van der Waals surface area contributed by atoms with Crippen LogP contribution in [0.25, 0.3) is 17.4 Å². The summed E-state index contributed by atoms with van der Waals surface area (Å²) in [5.74, 6) is 0.410. The fourth-order valence-electron chi connectivity index (χ4n) is 1.99. The number of thiocarbonyl (C=S) groups is 1. The Bertz CT molecular complexity index is 875. The number of carbonyl (C=O) groups is 1. The number of carbonyl (C=O) groups excluding carboxylic acids is 1. The predicted octanol–water partition coefficient (Wildman–Crippen LogP) is 4.00. The lowest BCUT2D eigenvalue weighted by Gasteiger charge is -2.00. The van der Waals surface area contributed by atoms with Crippen LogP contribution in [0.1, 0.15) is 5.76 Å². The van der Waals surface area contributed by atoms with Gasteiger partial charge in [-0.1, -0.05) is 35.6 Å². The van der Waals surface area contributed by atoms with Gasteiger partial charge in [-0.05, 0) is 24.3 Å². The van der Waals surface area contributed by atoms with E-state index >= 15 is 0 Å². The van der Waals surface area contributed by atoms with Crippen LogP contribution in [0.4, 0.5) is 5.69 Å². The molecule has 0 bridgehead atoms. The predicted molar refractivity (Wildman–Crippen MR) is 92.1 cm³/mol. The van der Waals surface area contributed by atoms with E-state index in [2.05, 4.69) is 5.32 Å². The second-order valence-electron chi connectivity index (χ2n) is 4.47. The molecule has 1 aliphatic heterocycles. The molecule has 0 aliphatic carbocycles. The maximum Gasteiger partial charge on any atom is 0.281 e. The van der Waals surface area contributed by atoms with E-state index in [1.807, 2.05) is 0 Å². The molecule has 0 radical (unpaired) electrons. The number of benzene rings is 1. The molecular formula is C14H7ClN2O4S2. The van der Waals surface area contributed by atoms with Crippen molar-refractivity contribution in [1.29, 1.82) is 0 Å². The van der Waals surface area contributed by atoms with E-state index in [1.54, 1.807) is 18.2 Å². The highest BCUT2D eigenvalue weighted by molar-refractivity contribution is 8.26. The minimum Gasteiger partial charge on any atom is -0.456 e. The molecule has 9 heteroatoms. The van der Waals surface area contributed by atoms with E-state index in [9.17, 15) is 14.9 Å². The van der Waals surface area contributed by atoms with Gasteiger partial charge < -0.3 is 9.73 Å². The number of nitro groups is 1. The third kappa shape index (κ3) is 3.29. The smallest absolute Gasteiger partial charge is 0.281 e. The molecule has 1 aliphatic rings.